The van der Waals surface area contributed by atoms with E-state index in [1.165, 1.54) is 0 Å². The van der Waals surface area contributed by atoms with Gasteiger partial charge in [0.15, 0.2) is 0 Å². The molecule has 0 aliphatic carbocycles. The third-order valence-electron chi connectivity index (χ3n) is 2.36. The Labute approximate surface area is 94.9 Å². The van der Waals surface area contributed by atoms with Gasteiger partial charge in [0.2, 0.25) is 0 Å². The Morgan fingerprint density at radius 2 is 1.94 bits per heavy atom. The maximum atomic E-state index is 5.31. The van der Waals surface area contributed by atoms with Crippen molar-refractivity contribution in [2.45, 2.75) is 0 Å². The predicted molar refractivity (Wildman–Crippen MR) is 64.2 cm³/mol. The molecule has 2 nitrogen and oxygen atoms in total. The summed E-state index contributed by atoms with van der Waals surface area (Å²) in [4.78, 5) is 4.09. The molecule has 0 saturated heterocycles. The lowest BCUT2D eigenvalue weighted by Gasteiger charge is -2.07. The normalized spacial score (nSPS) is 9.50. The van der Waals surface area contributed by atoms with Gasteiger partial charge in [-0.15, -0.1) is 6.42 Å². The van der Waals surface area contributed by atoms with Gasteiger partial charge in [0.1, 0.15) is 5.75 Å². The van der Waals surface area contributed by atoms with Crippen LogP contribution in [0.3, 0.4) is 0 Å². The highest BCUT2D eigenvalue weighted by atomic mass is 16.5. The average molecular weight is 209 g/mol. The maximum Gasteiger partial charge on any atom is 0.129 e. The van der Waals surface area contributed by atoms with Gasteiger partial charge in [-0.3, -0.25) is 4.98 Å². The van der Waals surface area contributed by atoms with E-state index in [2.05, 4.69) is 10.9 Å². The van der Waals surface area contributed by atoms with E-state index in [4.69, 9.17) is 11.2 Å². The number of hydrogen-bond acceptors (Lipinski definition) is 2. The van der Waals surface area contributed by atoms with Gasteiger partial charge in [0.05, 0.1) is 7.11 Å². The van der Waals surface area contributed by atoms with E-state index in [9.17, 15) is 0 Å². The minimum absolute atomic E-state index is 0.809. The average Bonchev–Trinajstić information content (AvgIpc) is 2.39. The van der Waals surface area contributed by atoms with Crippen LogP contribution in [0.5, 0.6) is 5.75 Å². The molecule has 0 aliphatic rings. The molecule has 2 rings (SSSR count). The molecule has 2 heteroatoms. The van der Waals surface area contributed by atoms with Crippen LogP contribution in [0.2, 0.25) is 0 Å². The van der Waals surface area contributed by atoms with Crippen LogP contribution in [0.15, 0.2) is 42.7 Å². The molecular formula is C14H11NO. The van der Waals surface area contributed by atoms with Crippen molar-refractivity contribution in [1.82, 2.24) is 4.98 Å². The first-order valence-corrected chi connectivity index (χ1v) is 4.90. The molecule has 1 aromatic heterocycles. The maximum absolute atomic E-state index is 5.31. The first-order chi connectivity index (χ1) is 7.85. The van der Waals surface area contributed by atoms with Crippen molar-refractivity contribution in [3.63, 3.8) is 0 Å². The largest absolute Gasteiger partial charge is 0.496 e. The van der Waals surface area contributed by atoms with Crippen LogP contribution in [-0.2, 0) is 0 Å². The number of pyridine rings is 1. The number of aromatic nitrogens is 1. The molecule has 0 spiro atoms. The lowest BCUT2D eigenvalue weighted by molar-refractivity contribution is 0.416. The second-order valence-electron chi connectivity index (χ2n) is 3.30. The van der Waals surface area contributed by atoms with Crippen LogP contribution in [0.4, 0.5) is 0 Å². The Kier molecular flexibility index (Phi) is 2.88. The van der Waals surface area contributed by atoms with Gasteiger partial charge in [-0.2, -0.15) is 0 Å². The Balaban J connectivity index is 2.47. The molecule has 0 saturated carbocycles. The van der Waals surface area contributed by atoms with Gasteiger partial charge in [0.25, 0.3) is 0 Å². The number of benzene rings is 1. The highest BCUT2D eigenvalue weighted by molar-refractivity contribution is 5.69. The molecule has 0 atom stereocenters. The number of methoxy groups -OCH3 is 1. The minimum atomic E-state index is 0.809. The highest BCUT2D eigenvalue weighted by Crippen LogP contribution is 2.28. The van der Waals surface area contributed by atoms with Crippen LogP contribution < -0.4 is 4.74 Å². The highest BCUT2D eigenvalue weighted by Gasteiger charge is 2.04. The summed E-state index contributed by atoms with van der Waals surface area (Å²) < 4.78 is 5.28. The zero-order valence-electron chi connectivity index (χ0n) is 8.97. The van der Waals surface area contributed by atoms with Gasteiger partial charge in [0, 0.05) is 23.5 Å². The van der Waals surface area contributed by atoms with E-state index in [1.54, 1.807) is 19.5 Å². The van der Waals surface area contributed by atoms with Gasteiger partial charge >= 0.3 is 0 Å². The summed E-state index contributed by atoms with van der Waals surface area (Å²) in [6.07, 6.45) is 8.80. The molecule has 0 amide bonds. The third kappa shape index (κ3) is 1.89. The Morgan fingerprint density at radius 3 is 2.56 bits per heavy atom. The Morgan fingerprint density at radius 1 is 1.19 bits per heavy atom. The number of rotatable bonds is 2. The van der Waals surface area contributed by atoms with Gasteiger partial charge in [-0.05, 0) is 23.8 Å². The SMILES string of the molecule is C#Cc1ccc(-c2cnccc2OC)cc1. The molecular weight excluding hydrogens is 198 g/mol. The van der Waals surface area contributed by atoms with Crippen LogP contribution >= 0.6 is 0 Å². The molecule has 0 bridgehead atoms. The Bertz CT molecular complexity index is 523. The fraction of sp³-hybridized carbons (Fsp3) is 0.0714. The summed E-state index contributed by atoms with van der Waals surface area (Å²) in [5.74, 6) is 3.40. The van der Waals surface area contributed by atoms with Gasteiger partial charge in [-0.1, -0.05) is 18.1 Å². The molecule has 0 radical (unpaired) electrons. The van der Waals surface area contributed by atoms with Crippen molar-refractivity contribution in [3.8, 4) is 29.2 Å². The first kappa shape index (κ1) is 10.3. The lowest BCUT2D eigenvalue weighted by atomic mass is 10.1. The number of ether oxygens (including phenoxy) is 1. The standard InChI is InChI=1S/C14H11NO/c1-3-11-4-6-12(7-5-11)13-10-15-9-8-14(13)16-2/h1,4-10H,2H3. The monoisotopic (exact) mass is 209 g/mol. The molecule has 0 unspecified atom stereocenters. The van der Waals surface area contributed by atoms with E-state index in [0.29, 0.717) is 0 Å². The Hall–Kier alpha value is -2.27. The summed E-state index contributed by atoms with van der Waals surface area (Å²) >= 11 is 0. The zero-order chi connectivity index (χ0) is 11.4. The smallest absolute Gasteiger partial charge is 0.129 e. The van der Waals surface area contributed by atoms with Gasteiger partial charge in [-0.25, -0.2) is 0 Å². The minimum Gasteiger partial charge on any atom is -0.496 e. The van der Waals surface area contributed by atoms with Crippen molar-refractivity contribution in [1.29, 1.82) is 0 Å². The van der Waals surface area contributed by atoms with E-state index >= 15 is 0 Å². The molecule has 0 N–H and O–H groups in total. The van der Waals surface area contributed by atoms with E-state index in [0.717, 1.165) is 22.4 Å². The van der Waals surface area contributed by atoms with E-state index in [1.807, 2.05) is 30.3 Å². The molecule has 1 aromatic carbocycles. The predicted octanol–water partition coefficient (Wildman–Crippen LogP) is 2.74. The van der Waals surface area contributed by atoms with Crippen molar-refractivity contribution in [2.24, 2.45) is 0 Å². The summed E-state index contributed by atoms with van der Waals surface area (Å²) in [6.45, 7) is 0. The third-order valence-corrected chi connectivity index (χ3v) is 2.36. The number of nitrogens with zero attached hydrogens (tertiary/aromatic N) is 1. The van der Waals surface area contributed by atoms with E-state index in [-0.39, 0.29) is 0 Å². The topological polar surface area (TPSA) is 22.1 Å². The summed E-state index contributed by atoms with van der Waals surface area (Å²) in [6, 6.07) is 9.58. The fourth-order valence-corrected chi connectivity index (χ4v) is 1.52. The quantitative estimate of drug-likeness (QED) is 0.709. The molecule has 2 aromatic rings. The van der Waals surface area contributed by atoms with Crippen molar-refractivity contribution in [2.75, 3.05) is 7.11 Å². The second-order valence-corrected chi connectivity index (χ2v) is 3.30. The van der Waals surface area contributed by atoms with Crippen LogP contribution in [0.1, 0.15) is 5.56 Å². The van der Waals surface area contributed by atoms with Crippen LogP contribution in [0.25, 0.3) is 11.1 Å². The number of hydrogen-bond donors (Lipinski definition) is 0. The van der Waals surface area contributed by atoms with E-state index < -0.39 is 0 Å². The van der Waals surface area contributed by atoms with Gasteiger partial charge < -0.3 is 4.74 Å². The molecule has 0 fully saturated rings. The van der Waals surface area contributed by atoms with Crippen molar-refractivity contribution < 1.29 is 4.74 Å². The first-order valence-electron chi connectivity index (χ1n) is 4.90. The van der Waals surface area contributed by atoms with Crippen LogP contribution in [-0.4, -0.2) is 12.1 Å². The van der Waals surface area contributed by atoms with Crippen molar-refractivity contribution >= 4 is 0 Å². The zero-order valence-corrected chi connectivity index (χ0v) is 8.97. The summed E-state index contributed by atoms with van der Waals surface area (Å²) in [5, 5.41) is 0. The molecule has 0 aliphatic heterocycles. The second kappa shape index (κ2) is 4.50. The fourth-order valence-electron chi connectivity index (χ4n) is 1.52. The molecule has 16 heavy (non-hydrogen) atoms. The summed E-state index contributed by atoms with van der Waals surface area (Å²) in [5.41, 5.74) is 2.88. The molecule has 1 heterocycles. The molecule has 78 valence electrons. The number of terminal acetylenes is 1. The summed E-state index contributed by atoms with van der Waals surface area (Å²) in [7, 11) is 1.65. The van der Waals surface area contributed by atoms with Crippen LogP contribution in [0, 0.1) is 12.3 Å². The lowest BCUT2D eigenvalue weighted by Crippen LogP contribution is -1.88. The van der Waals surface area contributed by atoms with Crippen molar-refractivity contribution in [3.05, 3.63) is 48.3 Å².